The number of hydrogen-bond acceptors (Lipinski definition) is 2. The van der Waals surface area contributed by atoms with Crippen molar-refractivity contribution >= 4 is 29.0 Å². The van der Waals surface area contributed by atoms with Gasteiger partial charge in [0.15, 0.2) is 0 Å². The molecular weight excluding hydrogens is 673 g/mol. The van der Waals surface area contributed by atoms with E-state index in [0.29, 0.717) is 23.7 Å². The van der Waals surface area contributed by atoms with Crippen LogP contribution in [0, 0.1) is 31.6 Å². The summed E-state index contributed by atoms with van der Waals surface area (Å²) in [5, 5.41) is 0. The van der Waals surface area contributed by atoms with Crippen LogP contribution in [0.15, 0.2) is 83.4 Å². The van der Waals surface area contributed by atoms with Gasteiger partial charge in [0.25, 0.3) is 0 Å². The van der Waals surface area contributed by atoms with Crippen LogP contribution < -0.4 is 5.73 Å². The van der Waals surface area contributed by atoms with Gasteiger partial charge in [-0.25, -0.2) is 0 Å². The van der Waals surface area contributed by atoms with Gasteiger partial charge in [-0.1, -0.05) is 166 Å². The van der Waals surface area contributed by atoms with E-state index in [9.17, 15) is 0 Å². The van der Waals surface area contributed by atoms with Gasteiger partial charge in [-0.05, 0) is 105 Å². The van der Waals surface area contributed by atoms with Crippen LogP contribution in [-0.4, -0.2) is 11.2 Å². The summed E-state index contributed by atoms with van der Waals surface area (Å²) in [5.41, 5.74) is 23.0. The Labute approximate surface area is 336 Å². The van der Waals surface area contributed by atoms with Crippen molar-refractivity contribution in [1.29, 1.82) is 0 Å². The molecular formula is C51H74N2S. The number of rotatable bonds is 10. The van der Waals surface area contributed by atoms with Crippen molar-refractivity contribution in [2.45, 2.75) is 140 Å². The molecule has 294 valence electrons. The molecule has 1 aromatic heterocycles. The van der Waals surface area contributed by atoms with E-state index in [1.54, 1.807) is 0 Å². The predicted octanol–water partition coefficient (Wildman–Crippen LogP) is 15.6. The average Bonchev–Trinajstić information content (AvgIpc) is 3.58. The Morgan fingerprint density at radius 3 is 2.19 bits per heavy atom. The number of benzene rings is 2. The van der Waals surface area contributed by atoms with Gasteiger partial charge < -0.3 is 10.7 Å². The lowest BCUT2D eigenvalue weighted by Gasteiger charge is -2.28. The fourth-order valence-corrected chi connectivity index (χ4v) is 8.73. The Bertz CT molecular complexity index is 1750. The zero-order valence-electron chi connectivity index (χ0n) is 36.2. The van der Waals surface area contributed by atoms with Crippen molar-refractivity contribution in [3.05, 3.63) is 123 Å². The van der Waals surface area contributed by atoms with Crippen LogP contribution in [0.3, 0.4) is 0 Å². The third-order valence-corrected chi connectivity index (χ3v) is 11.6. The number of nitrogens with one attached hydrogen (secondary N) is 1. The zero-order chi connectivity index (χ0) is 39.8. The Morgan fingerprint density at radius 2 is 1.59 bits per heavy atom. The van der Waals surface area contributed by atoms with Crippen LogP contribution in [0.5, 0.6) is 0 Å². The number of aromatic amines is 1. The van der Waals surface area contributed by atoms with E-state index in [2.05, 4.69) is 125 Å². The van der Waals surface area contributed by atoms with Gasteiger partial charge in [-0.15, -0.1) is 11.8 Å². The number of fused-ring (bicyclic) bond motifs is 1. The molecule has 0 aliphatic heterocycles. The lowest BCUT2D eigenvalue weighted by atomic mass is 9.78. The van der Waals surface area contributed by atoms with E-state index in [4.69, 9.17) is 5.73 Å². The summed E-state index contributed by atoms with van der Waals surface area (Å²) in [7, 11) is 0. The molecule has 3 aliphatic rings. The van der Waals surface area contributed by atoms with Gasteiger partial charge in [-0.3, -0.25) is 0 Å². The molecule has 0 saturated heterocycles. The van der Waals surface area contributed by atoms with Gasteiger partial charge in [0.2, 0.25) is 0 Å². The molecule has 2 aromatic carbocycles. The monoisotopic (exact) mass is 747 g/mol. The van der Waals surface area contributed by atoms with Crippen molar-refractivity contribution in [2.24, 2.45) is 23.5 Å². The first-order chi connectivity index (χ1) is 26.2. The lowest BCUT2D eigenvalue weighted by Crippen LogP contribution is -2.16. The van der Waals surface area contributed by atoms with Gasteiger partial charge in [-0.2, -0.15) is 0 Å². The molecule has 1 fully saturated rings. The van der Waals surface area contributed by atoms with Crippen molar-refractivity contribution < 1.29 is 0 Å². The third kappa shape index (κ3) is 11.3. The molecule has 1 saturated carbocycles. The highest BCUT2D eigenvalue weighted by molar-refractivity contribution is 8.02. The zero-order valence-corrected chi connectivity index (χ0v) is 37.0. The molecule has 3 aliphatic carbocycles. The number of allylic oxidation sites excluding steroid dienone is 7. The van der Waals surface area contributed by atoms with Crippen LogP contribution >= 0.6 is 11.8 Å². The highest BCUT2D eigenvalue weighted by atomic mass is 32.2. The van der Waals surface area contributed by atoms with E-state index in [-0.39, 0.29) is 0 Å². The quantitative estimate of drug-likeness (QED) is 0.203. The molecule has 2 nitrogen and oxygen atoms in total. The fraction of sp³-hybridized carbons (Fsp3) is 0.490. The molecule has 0 radical (unpaired) electrons. The molecule has 3 aromatic rings. The smallest absolute Gasteiger partial charge is 0.0517 e. The largest absolute Gasteiger partial charge is 0.398 e. The fourth-order valence-electron chi connectivity index (χ4n) is 8.25. The standard InChI is InChI=1S/C45H56N2S.3C2H6/c1-29(2)27-34-16-21-35(22-17-34)39(26-20-33-18-23-37(48-6)24-19-33)43(46)42(36-12-8-7-9-13-36)45-40-14-10-11-31(4)41(40)44(47-45)38-25-15-30(3)28-32(38)5;3*1-2/h10,14-18,21-26,28-29,31,33,36,47H,7-9,11-13,19-20,27,46H2,1-6H3;3*1-2H3/b39-26-,43-42-;;;. The summed E-state index contributed by atoms with van der Waals surface area (Å²) < 4.78 is 0. The van der Waals surface area contributed by atoms with E-state index in [0.717, 1.165) is 31.4 Å². The summed E-state index contributed by atoms with van der Waals surface area (Å²) in [6, 6.07) is 16.2. The maximum Gasteiger partial charge on any atom is 0.0517 e. The molecule has 0 spiro atoms. The Kier molecular flexibility index (Phi) is 19.0. The first kappa shape index (κ1) is 45.0. The maximum absolute atomic E-state index is 7.63. The predicted molar refractivity (Wildman–Crippen MR) is 246 cm³/mol. The molecule has 6 rings (SSSR count). The summed E-state index contributed by atoms with van der Waals surface area (Å²) in [6.07, 6.45) is 26.9. The molecule has 0 bridgehead atoms. The minimum absolute atomic E-state index is 0.435. The van der Waals surface area contributed by atoms with Gasteiger partial charge in [0.1, 0.15) is 0 Å². The van der Waals surface area contributed by atoms with Gasteiger partial charge in [0, 0.05) is 32.9 Å². The number of nitrogens with two attached hydrogens (primary N) is 1. The molecule has 1 heterocycles. The second kappa shape index (κ2) is 22.8. The summed E-state index contributed by atoms with van der Waals surface area (Å²) >= 11 is 1.83. The van der Waals surface area contributed by atoms with Crippen molar-refractivity contribution in [1.82, 2.24) is 4.98 Å². The maximum atomic E-state index is 7.63. The van der Waals surface area contributed by atoms with E-state index >= 15 is 0 Å². The van der Waals surface area contributed by atoms with Crippen molar-refractivity contribution in [3.63, 3.8) is 0 Å². The molecule has 54 heavy (non-hydrogen) atoms. The van der Waals surface area contributed by atoms with Crippen molar-refractivity contribution in [3.8, 4) is 11.3 Å². The van der Waals surface area contributed by atoms with Crippen LogP contribution in [0.1, 0.15) is 159 Å². The van der Waals surface area contributed by atoms with Gasteiger partial charge in [0.05, 0.1) is 11.4 Å². The Balaban J connectivity index is 0.00000124. The van der Waals surface area contributed by atoms with E-state index in [1.807, 2.05) is 53.3 Å². The number of aromatic nitrogens is 1. The van der Waals surface area contributed by atoms with E-state index in [1.165, 1.54) is 98.5 Å². The highest BCUT2D eigenvalue weighted by Gasteiger charge is 2.31. The Hall–Kier alpha value is -3.43. The minimum atomic E-state index is 0.435. The number of aryl methyl sites for hydroxylation is 2. The van der Waals surface area contributed by atoms with Crippen molar-refractivity contribution in [2.75, 3.05) is 6.26 Å². The molecule has 0 amide bonds. The number of thioether (sulfide) groups is 1. The lowest BCUT2D eigenvalue weighted by molar-refractivity contribution is 0.428. The average molecular weight is 747 g/mol. The number of H-pyrrole nitrogens is 1. The summed E-state index contributed by atoms with van der Waals surface area (Å²) in [5.74, 6) is 2.00. The minimum Gasteiger partial charge on any atom is -0.398 e. The summed E-state index contributed by atoms with van der Waals surface area (Å²) in [6.45, 7) is 23.4. The molecule has 2 unspecified atom stereocenters. The molecule has 3 heteroatoms. The second-order valence-electron chi connectivity index (χ2n) is 15.0. The molecule has 2 atom stereocenters. The summed E-state index contributed by atoms with van der Waals surface area (Å²) in [4.78, 5) is 5.46. The normalized spacial score (nSPS) is 18.6. The first-order valence-electron chi connectivity index (χ1n) is 21.5. The SMILES string of the molecule is CC.CC.CC.CSC1=CCC(C/C=C(\C(N)=C(\c2[nH]c(-c3ccc(C)cc3C)c3c2C=CCC3C)C2CCCCC2)c2ccc(CC(C)C)cc2)C=C1. The second-order valence-corrected chi connectivity index (χ2v) is 15.9. The van der Waals surface area contributed by atoms with E-state index < -0.39 is 0 Å². The van der Waals surface area contributed by atoms with Crippen LogP contribution in [0.25, 0.3) is 28.5 Å². The van der Waals surface area contributed by atoms with Crippen LogP contribution in [-0.2, 0) is 6.42 Å². The number of hydrogen-bond donors (Lipinski definition) is 2. The topological polar surface area (TPSA) is 41.8 Å². The highest BCUT2D eigenvalue weighted by Crippen LogP contribution is 2.47. The van der Waals surface area contributed by atoms with Gasteiger partial charge >= 0.3 is 0 Å². The third-order valence-electron chi connectivity index (χ3n) is 10.8. The first-order valence-corrected chi connectivity index (χ1v) is 22.7. The molecule has 3 N–H and O–H groups in total. The van der Waals surface area contributed by atoms with Crippen LogP contribution in [0.2, 0.25) is 0 Å². The Morgan fingerprint density at radius 1 is 0.907 bits per heavy atom. The van der Waals surface area contributed by atoms with Crippen LogP contribution in [0.4, 0.5) is 0 Å².